The largest absolute Gasteiger partial charge is 0.497 e. The van der Waals surface area contributed by atoms with Crippen molar-refractivity contribution in [3.63, 3.8) is 0 Å². The van der Waals surface area contributed by atoms with Gasteiger partial charge in [-0.05, 0) is 67.1 Å². The van der Waals surface area contributed by atoms with Crippen molar-refractivity contribution >= 4 is 21.6 Å². The van der Waals surface area contributed by atoms with Crippen molar-refractivity contribution in [1.82, 2.24) is 9.97 Å². The second kappa shape index (κ2) is 8.67. The van der Waals surface area contributed by atoms with Crippen molar-refractivity contribution in [2.45, 2.75) is 32.3 Å². The highest BCUT2D eigenvalue weighted by molar-refractivity contribution is 7.18. The van der Waals surface area contributed by atoms with E-state index in [-0.39, 0.29) is 5.56 Å². The van der Waals surface area contributed by atoms with E-state index in [9.17, 15) is 4.79 Å². The Morgan fingerprint density at radius 2 is 1.81 bits per heavy atom. The maximum Gasteiger partial charge on any atom is 0.260 e. The van der Waals surface area contributed by atoms with Crippen LogP contribution in [0.4, 0.5) is 0 Å². The molecule has 0 fully saturated rings. The highest BCUT2D eigenvalue weighted by atomic mass is 32.1. The van der Waals surface area contributed by atoms with E-state index in [1.54, 1.807) is 25.6 Å². The van der Waals surface area contributed by atoms with E-state index in [4.69, 9.17) is 19.2 Å². The Balaban J connectivity index is 1.43. The molecular weight excluding hydrogens is 424 g/mol. The second-order valence-corrected chi connectivity index (χ2v) is 8.89. The molecule has 4 aromatic rings. The van der Waals surface area contributed by atoms with Crippen LogP contribution in [-0.2, 0) is 19.4 Å². The second-order valence-electron chi connectivity index (χ2n) is 7.81. The third-order valence-corrected chi connectivity index (χ3v) is 7.00. The zero-order valence-corrected chi connectivity index (χ0v) is 18.9. The van der Waals surface area contributed by atoms with Gasteiger partial charge in [0.25, 0.3) is 5.56 Å². The number of aromatic nitrogens is 2. The normalized spacial score (nSPS) is 13.1. The standard InChI is InChI=1S/C25H24N2O4S/c1-29-17-10-7-15(8-11-17)14-31-19-12-9-16(13-20(19)30-2)23-26-24(28)22-18-5-3-4-6-21(18)32-25(22)27-23/h7-13H,3-6,14H2,1-2H3,(H,26,27,28). The summed E-state index contributed by atoms with van der Waals surface area (Å²) in [7, 11) is 3.25. The van der Waals surface area contributed by atoms with Crippen molar-refractivity contribution in [1.29, 1.82) is 0 Å². The van der Waals surface area contributed by atoms with Gasteiger partial charge in [-0.25, -0.2) is 4.98 Å². The molecule has 1 aliphatic rings. The smallest absolute Gasteiger partial charge is 0.260 e. The quantitative estimate of drug-likeness (QED) is 0.443. The SMILES string of the molecule is COc1ccc(COc2ccc(-c3nc4sc5c(c4c(=O)[nH]3)CCCC5)cc2OC)cc1. The number of methoxy groups -OCH3 is 2. The lowest BCUT2D eigenvalue weighted by Gasteiger charge is -2.12. The first kappa shape index (κ1) is 20.6. The first-order valence-corrected chi connectivity index (χ1v) is 11.5. The summed E-state index contributed by atoms with van der Waals surface area (Å²) in [6.45, 7) is 0.404. The molecule has 32 heavy (non-hydrogen) atoms. The Kier molecular flexibility index (Phi) is 5.57. The van der Waals surface area contributed by atoms with Crippen molar-refractivity contribution in [2.24, 2.45) is 0 Å². The van der Waals surface area contributed by atoms with Gasteiger partial charge in [-0.1, -0.05) is 12.1 Å². The van der Waals surface area contributed by atoms with E-state index >= 15 is 0 Å². The number of rotatable bonds is 6. The molecule has 0 radical (unpaired) electrons. The van der Waals surface area contributed by atoms with E-state index in [2.05, 4.69) is 4.98 Å². The van der Waals surface area contributed by atoms with Gasteiger partial charge in [-0.2, -0.15) is 0 Å². The van der Waals surface area contributed by atoms with Crippen LogP contribution in [0.15, 0.2) is 47.3 Å². The van der Waals surface area contributed by atoms with Crippen LogP contribution in [-0.4, -0.2) is 24.2 Å². The Hall–Kier alpha value is -3.32. The highest BCUT2D eigenvalue weighted by Crippen LogP contribution is 2.36. The molecule has 0 saturated heterocycles. The molecule has 0 unspecified atom stereocenters. The van der Waals surface area contributed by atoms with Crippen LogP contribution >= 0.6 is 11.3 Å². The molecule has 2 aromatic carbocycles. The Morgan fingerprint density at radius 1 is 1.00 bits per heavy atom. The molecule has 7 heteroatoms. The predicted octanol–water partition coefficient (Wildman–Crippen LogP) is 5.13. The van der Waals surface area contributed by atoms with Crippen LogP contribution < -0.4 is 19.8 Å². The van der Waals surface area contributed by atoms with Crippen LogP contribution in [0.1, 0.15) is 28.8 Å². The maximum absolute atomic E-state index is 12.9. The molecule has 1 aliphatic carbocycles. The van der Waals surface area contributed by atoms with Crippen molar-refractivity contribution in [3.8, 4) is 28.6 Å². The first-order chi connectivity index (χ1) is 15.7. The minimum absolute atomic E-state index is 0.0665. The molecule has 6 nitrogen and oxygen atoms in total. The third-order valence-electron chi connectivity index (χ3n) is 5.82. The molecule has 2 heterocycles. The topological polar surface area (TPSA) is 73.4 Å². The fourth-order valence-corrected chi connectivity index (χ4v) is 5.38. The van der Waals surface area contributed by atoms with Gasteiger partial charge in [0.05, 0.1) is 19.6 Å². The highest BCUT2D eigenvalue weighted by Gasteiger charge is 2.20. The molecule has 0 bridgehead atoms. The van der Waals surface area contributed by atoms with E-state index in [1.165, 1.54) is 16.9 Å². The minimum Gasteiger partial charge on any atom is -0.497 e. The van der Waals surface area contributed by atoms with Crippen LogP contribution in [0, 0.1) is 0 Å². The van der Waals surface area contributed by atoms with Crippen LogP contribution in [0.3, 0.4) is 0 Å². The summed E-state index contributed by atoms with van der Waals surface area (Å²) >= 11 is 1.65. The first-order valence-electron chi connectivity index (χ1n) is 10.6. The molecular formula is C25H24N2O4S. The van der Waals surface area contributed by atoms with E-state index in [1.807, 2.05) is 42.5 Å². The fourth-order valence-electron chi connectivity index (χ4n) is 4.12. The summed E-state index contributed by atoms with van der Waals surface area (Å²) < 4.78 is 16.7. The average molecular weight is 449 g/mol. The summed E-state index contributed by atoms with van der Waals surface area (Å²) in [4.78, 5) is 22.8. The van der Waals surface area contributed by atoms with Crippen molar-refractivity contribution in [3.05, 3.63) is 68.8 Å². The van der Waals surface area contributed by atoms with Gasteiger partial charge < -0.3 is 19.2 Å². The number of fused-ring (bicyclic) bond motifs is 3. The number of thiophene rings is 1. The summed E-state index contributed by atoms with van der Waals surface area (Å²) in [6, 6.07) is 13.3. The van der Waals surface area contributed by atoms with Crippen LogP contribution in [0.2, 0.25) is 0 Å². The van der Waals surface area contributed by atoms with Gasteiger partial charge >= 0.3 is 0 Å². The van der Waals surface area contributed by atoms with Gasteiger partial charge in [0.15, 0.2) is 11.5 Å². The lowest BCUT2D eigenvalue weighted by Crippen LogP contribution is -2.11. The van der Waals surface area contributed by atoms with Crippen LogP contribution in [0.25, 0.3) is 21.6 Å². The van der Waals surface area contributed by atoms with E-state index in [0.29, 0.717) is 23.9 Å². The molecule has 0 amide bonds. The lowest BCUT2D eigenvalue weighted by molar-refractivity contribution is 0.284. The number of aromatic amines is 1. The van der Waals surface area contributed by atoms with Crippen LogP contribution in [0.5, 0.6) is 17.2 Å². The van der Waals surface area contributed by atoms with Gasteiger partial charge in [0.2, 0.25) is 0 Å². The van der Waals surface area contributed by atoms with Crippen molar-refractivity contribution in [2.75, 3.05) is 14.2 Å². The number of nitrogens with one attached hydrogen (secondary N) is 1. The van der Waals surface area contributed by atoms with Gasteiger partial charge in [-0.15, -0.1) is 11.3 Å². The molecule has 0 saturated carbocycles. The van der Waals surface area contributed by atoms with Crippen molar-refractivity contribution < 1.29 is 14.2 Å². The average Bonchev–Trinajstić information content (AvgIpc) is 3.22. The predicted molar refractivity (Wildman–Crippen MR) is 126 cm³/mol. The fraction of sp³-hybridized carbons (Fsp3) is 0.280. The number of benzene rings is 2. The molecule has 0 spiro atoms. The molecule has 0 atom stereocenters. The number of ether oxygens (including phenoxy) is 3. The van der Waals surface area contributed by atoms with E-state index in [0.717, 1.165) is 46.4 Å². The van der Waals surface area contributed by atoms with Gasteiger partial charge in [0.1, 0.15) is 23.0 Å². The molecule has 164 valence electrons. The maximum atomic E-state index is 12.9. The number of hydrogen-bond donors (Lipinski definition) is 1. The number of aryl methyl sites for hydroxylation is 2. The molecule has 5 rings (SSSR count). The summed E-state index contributed by atoms with van der Waals surface area (Å²) in [6.07, 6.45) is 4.32. The van der Waals surface area contributed by atoms with E-state index < -0.39 is 0 Å². The summed E-state index contributed by atoms with van der Waals surface area (Å²) in [5, 5.41) is 0.764. The molecule has 0 aliphatic heterocycles. The van der Waals surface area contributed by atoms with Gasteiger partial charge in [0, 0.05) is 10.4 Å². The Bertz CT molecular complexity index is 1320. The monoisotopic (exact) mass is 448 g/mol. The Labute approximate surface area is 189 Å². The van der Waals surface area contributed by atoms with Gasteiger partial charge in [-0.3, -0.25) is 4.79 Å². The molecule has 2 aromatic heterocycles. The zero-order valence-electron chi connectivity index (χ0n) is 18.1. The molecule has 1 N–H and O–H groups in total. The summed E-state index contributed by atoms with van der Waals surface area (Å²) in [5.74, 6) is 2.56. The minimum atomic E-state index is -0.0665. The number of hydrogen-bond acceptors (Lipinski definition) is 6. The third kappa shape index (κ3) is 3.84. The zero-order chi connectivity index (χ0) is 22.1. The summed E-state index contributed by atoms with van der Waals surface area (Å²) in [5.41, 5.74) is 2.93. The lowest BCUT2D eigenvalue weighted by atomic mass is 9.97. The Morgan fingerprint density at radius 3 is 2.59 bits per heavy atom. The number of nitrogens with zero attached hydrogens (tertiary/aromatic N) is 1. The number of H-pyrrole nitrogens is 1.